The lowest BCUT2D eigenvalue weighted by Crippen LogP contribution is -2.20. The summed E-state index contributed by atoms with van der Waals surface area (Å²) < 4.78 is 5.46. The van der Waals surface area contributed by atoms with Crippen molar-refractivity contribution in [1.29, 1.82) is 0 Å². The Hall–Kier alpha value is -3.37. The zero-order chi connectivity index (χ0) is 19.8. The molecule has 0 aromatic heterocycles. The Bertz CT molecular complexity index is 965. The third-order valence-electron chi connectivity index (χ3n) is 3.86. The molecule has 1 N–H and O–H groups in total. The summed E-state index contributed by atoms with van der Waals surface area (Å²) >= 11 is 5.81. The van der Waals surface area contributed by atoms with Gasteiger partial charge in [0.15, 0.2) is 12.4 Å². The van der Waals surface area contributed by atoms with Gasteiger partial charge in [-0.3, -0.25) is 9.59 Å². The van der Waals surface area contributed by atoms with E-state index >= 15 is 0 Å². The molecule has 5 heteroatoms. The second-order valence-electron chi connectivity index (χ2n) is 5.98. The minimum atomic E-state index is -0.284. The summed E-state index contributed by atoms with van der Waals surface area (Å²) in [5.74, 6) is 0.124. The largest absolute Gasteiger partial charge is 0.484 e. The Morgan fingerprint density at radius 3 is 2.25 bits per heavy atom. The summed E-state index contributed by atoms with van der Waals surface area (Å²) in [6, 6.07) is 23.1. The number of benzene rings is 3. The van der Waals surface area contributed by atoms with Crippen molar-refractivity contribution in [3.63, 3.8) is 0 Å². The van der Waals surface area contributed by atoms with E-state index in [0.717, 1.165) is 5.56 Å². The number of ketones is 1. The summed E-state index contributed by atoms with van der Waals surface area (Å²) in [5.41, 5.74) is 2.15. The maximum absolute atomic E-state index is 12.2. The van der Waals surface area contributed by atoms with Gasteiger partial charge in [-0.05, 0) is 60.2 Å². The molecule has 0 aliphatic rings. The lowest BCUT2D eigenvalue weighted by molar-refractivity contribution is -0.118. The van der Waals surface area contributed by atoms with E-state index in [1.165, 1.54) is 6.08 Å². The molecule has 0 aliphatic heterocycles. The number of hydrogen-bond acceptors (Lipinski definition) is 3. The summed E-state index contributed by atoms with van der Waals surface area (Å²) in [6.45, 7) is -0.135. The fourth-order valence-electron chi connectivity index (χ4n) is 2.43. The Labute approximate surface area is 168 Å². The van der Waals surface area contributed by atoms with E-state index in [-0.39, 0.29) is 18.3 Å². The van der Waals surface area contributed by atoms with Crippen LogP contribution in [-0.4, -0.2) is 18.3 Å². The van der Waals surface area contributed by atoms with Crippen molar-refractivity contribution in [3.8, 4) is 5.75 Å². The SMILES string of the molecule is O=C(COc1ccc(C(=O)/C=C/c2ccccc2)cc1)Nc1ccc(Cl)cc1. The first-order valence-electron chi connectivity index (χ1n) is 8.66. The van der Waals surface area contributed by atoms with Crippen molar-refractivity contribution >= 4 is 35.1 Å². The molecule has 0 aliphatic carbocycles. The number of hydrogen-bond donors (Lipinski definition) is 1. The number of carbonyl (C=O) groups is 2. The van der Waals surface area contributed by atoms with E-state index in [4.69, 9.17) is 16.3 Å². The van der Waals surface area contributed by atoms with Crippen molar-refractivity contribution in [1.82, 2.24) is 0 Å². The standard InChI is InChI=1S/C23H18ClNO3/c24-19-9-11-20(12-10-19)25-23(27)16-28-21-13-7-18(8-14-21)22(26)15-6-17-4-2-1-3-5-17/h1-15H,16H2,(H,25,27)/b15-6+. The number of amides is 1. The number of carbonyl (C=O) groups excluding carboxylic acids is 2. The van der Waals surface area contributed by atoms with Crippen LogP contribution in [0.5, 0.6) is 5.75 Å². The Morgan fingerprint density at radius 2 is 1.57 bits per heavy atom. The predicted molar refractivity (Wildman–Crippen MR) is 112 cm³/mol. The zero-order valence-electron chi connectivity index (χ0n) is 15.0. The van der Waals surface area contributed by atoms with Crippen LogP contribution in [0.15, 0.2) is 84.9 Å². The Balaban J connectivity index is 1.51. The number of rotatable bonds is 7. The van der Waals surface area contributed by atoms with Crippen molar-refractivity contribution in [2.75, 3.05) is 11.9 Å². The quantitative estimate of drug-likeness (QED) is 0.442. The van der Waals surface area contributed by atoms with E-state index < -0.39 is 0 Å². The highest BCUT2D eigenvalue weighted by Crippen LogP contribution is 2.15. The normalized spacial score (nSPS) is 10.6. The van der Waals surface area contributed by atoms with Gasteiger partial charge in [0, 0.05) is 16.3 Å². The van der Waals surface area contributed by atoms with Crippen LogP contribution in [0.4, 0.5) is 5.69 Å². The van der Waals surface area contributed by atoms with Gasteiger partial charge in [0.1, 0.15) is 5.75 Å². The Morgan fingerprint density at radius 1 is 0.893 bits per heavy atom. The summed E-state index contributed by atoms with van der Waals surface area (Å²) in [5, 5.41) is 3.31. The van der Waals surface area contributed by atoms with E-state index in [2.05, 4.69) is 5.32 Å². The average Bonchev–Trinajstić information content (AvgIpc) is 2.73. The van der Waals surface area contributed by atoms with Crippen LogP contribution < -0.4 is 10.1 Å². The van der Waals surface area contributed by atoms with Crippen LogP contribution in [-0.2, 0) is 4.79 Å². The van der Waals surface area contributed by atoms with Gasteiger partial charge in [-0.1, -0.05) is 48.0 Å². The fourth-order valence-corrected chi connectivity index (χ4v) is 2.55. The van der Waals surface area contributed by atoms with Crippen LogP contribution >= 0.6 is 11.6 Å². The van der Waals surface area contributed by atoms with Crippen LogP contribution in [0.25, 0.3) is 6.08 Å². The monoisotopic (exact) mass is 391 g/mol. The molecule has 0 spiro atoms. The molecule has 0 fully saturated rings. The van der Waals surface area contributed by atoms with E-state index in [1.54, 1.807) is 54.6 Å². The molecular weight excluding hydrogens is 374 g/mol. The molecule has 3 aromatic carbocycles. The maximum atomic E-state index is 12.2. The van der Waals surface area contributed by atoms with E-state index in [9.17, 15) is 9.59 Å². The van der Waals surface area contributed by atoms with Crippen molar-refractivity contribution < 1.29 is 14.3 Å². The first kappa shape index (κ1) is 19.4. The second-order valence-corrected chi connectivity index (χ2v) is 6.41. The number of halogens is 1. The van der Waals surface area contributed by atoms with Gasteiger partial charge < -0.3 is 10.1 Å². The molecule has 1 amide bonds. The molecule has 0 saturated carbocycles. The van der Waals surface area contributed by atoms with Gasteiger partial charge in [-0.25, -0.2) is 0 Å². The molecule has 0 radical (unpaired) electrons. The topological polar surface area (TPSA) is 55.4 Å². The smallest absolute Gasteiger partial charge is 0.262 e. The molecule has 0 atom stereocenters. The van der Waals surface area contributed by atoms with Gasteiger partial charge in [-0.2, -0.15) is 0 Å². The van der Waals surface area contributed by atoms with E-state index in [1.807, 2.05) is 30.3 Å². The highest BCUT2D eigenvalue weighted by atomic mass is 35.5. The Kier molecular flexibility index (Phi) is 6.60. The molecule has 28 heavy (non-hydrogen) atoms. The van der Waals surface area contributed by atoms with Gasteiger partial charge in [0.25, 0.3) is 5.91 Å². The van der Waals surface area contributed by atoms with Crippen LogP contribution in [0, 0.1) is 0 Å². The van der Waals surface area contributed by atoms with Crippen LogP contribution in [0.2, 0.25) is 5.02 Å². The first-order valence-corrected chi connectivity index (χ1v) is 9.04. The molecule has 0 heterocycles. The predicted octanol–water partition coefficient (Wildman–Crippen LogP) is 5.25. The van der Waals surface area contributed by atoms with Crippen LogP contribution in [0.1, 0.15) is 15.9 Å². The number of anilines is 1. The summed E-state index contributed by atoms with van der Waals surface area (Å²) in [6.07, 6.45) is 3.30. The van der Waals surface area contributed by atoms with Gasteiger partial charge in [0.2, 0.25) is 0 Å². The minimum absolute atomic E-state index is 0.101. The molecule has 140 valence electrons. The maximum Gasteiger partial charge on any atom is 0.262 e. The van der Waals surface area contributed by atoms with Gasteiger partial charge in [-0.15, -0.1) is 0 Å². The fraction of sp³-hybridized carbons (Fsp3) is 0.0435. The lowest BCUT2D eigenvalue weighted by atomic mass is 10.1. The summed E-state index contributed by atoms with van der Waals surface area (Å²) in [7, 11) is 0. The van der Waals surface area contributed by atoms with Crippen molar-refractivity contribution in [2.45, 2.75) is 0 Å². The highest BCUT2D eigenvalue weighted by Gasteiger charge is 2.06. The average molecular weight is 392 g/mol. The molecular formula is C23H18ClNO3. The minimum Gasteiger partial charge on any atom is -0.484 e. The molecule has 4 nitrogen and oxygen atoms in total. The lowest BCUT2D eigenvalue weighted by Gasteiger charge is -2.08. The first-order chi connectivity index (χ1) is 13.6. The number of nitrogens with one attached hydrogen (secondary N) is 1. The van der Waals surface area contributed by atoms with Gasteiger partial charge in [0.05, 0.1) is 0 Å². The molecule has 0 saturated heterocycles. The number of allylic oxidation sites excluding steroid dienone is 1. The second kappa shape index (κ2) is 9.53. The van der Waals surface area contributed by atoms with Crippen molar-refractivity contribution in [2.24, 2.45) is 0 Å². The molecule has 0 unspecified atom stereocenters. The third kappa shape index (κ3) is 5.83. The van der Waals surface area contributed by atoms with Gasteiger partial charge >= 0.3 is 0 Å². The molecule has 3 rings (SSSR count). The summed E-state index contributed by atoms with van der Waals surface area (Å²) in [4.78, 5) is 24.2. The molecule has 3 aromatic rings. The molecule has 0 bridgehead atoms. The van der Waals surface area contributed by atoms with Crippen LogP contribution in [0.3, 0.4) is 0 Å². The number of ether oxygens (including phenoxy) is 1. The zero-order valence-corrected chi connectivity index (χ0v) is 15.7. The van der Waals surface area contributed by atoms with Crippen molar-refractivity contribution in [3.05, 3.63) is 101 Å². The third-order valence-corrected chi connectivity index (χ3v) is 4.12. The van der Waals surface area contributed by atoms with E-state index in [0.29, 0.717) is 22.0 Å². The highest BCUT2D eigenvalue weighted by molar-refractivity contribution is 6.30.